The highest BCUT2D eigenvalue weighted by atomic mass is 35.5. The second-order valence-electron chi connectivity index (χ2n) is 6.48. The van der Waals surface area contributed by atoms with Crippen LogP contribution in [0.15, 0.2) is 66.4 Å². The molecule has 0 radical (unpaired) electrons. The lowest BCUT2D eigenvalue weighted by Gasteiger charge is -2.08. The SMILES string of the molecule is Cc1cc(OC(=O)c2ccccc2F)cc2c1C(=O)/C(=C/c1cccc(Cl)c1)O2. The zero-order chi connectivity index (χ0) is 20.5. The van der Waals surface area contributed by atoms with Crippen LogP contribution in [0, 0.1) is 12.7 Å². The Hall–Kier alpha value is -3.44. The maximum atomic E-state index is 13.8. The van der Waals surface area contributed by atoms with Crippen LogP contribution < -0.4 is 9.47 Å². The van der Waals surface area contributed by atoms with E-state index in [0.717, 1.165) is 5.56 Å². The van der Waals surface area contributed by atoms with Gasteiger partial charge in [0.05, 0.1) is 11.1 Å². The molecule has 0 aromatic heterocycles. The first kappa shape index (κ1) is 18.9. The Morgan fingerprint density at radius 1 is 1.10 bits per heavy atom. The van der Waals surface area contributed by atoms with Gasteiger partial charge in [0.15, 0.2) is 5.76 Å². The predicted octanol–water partition coefficient (Wildman–Crippen LogP) is 5.62. The van der Waals surface area contributed by atoms with Crippen LogP contribution in [-0.4, -0.2) is 11.8 Å². The minimum atomic E-state index is -0.832. The van der Waals surface area contributed by atoms with Crippen molar-refractivity contribution in [2.45, 2.75) is 6.92 Å². The number of hydrogen-bond donors (Lipinski definition) is 0. The number of ether oxygens (including phenoxy) is 2. The Bertz CT molecular complexity index is 1180. The highest BCUT2D eigenvalue weighted by Gasteiger charge is 2.30. The number of esters is 1. The molecule has 0 aliphatic carbocycles. The van der Waals surface area contributed by atoms with E-state index in [4.69, 9.17) is 21.1 Å². The molecule has 4 nitrogen and oxygen atoms in total. The molecule has 1 aliphatic heterocycles. The van der Waals surface area contributed by atoms with Crippen LogP contribution in [0.2, 0.25) is 5.02 Å². The summed E-state index contributed by atoms with van der Waals surface area (Å²) in [7, 11) is 0. The fourth-order valence-corrected chi connectivity index (χ4v) is 3.27. The molecule has 144 valence electrons. The van der Waals surface area contributed by atoms with E-state index in [-0.39, 0.29) is 28.6 Å². The number of Topliss-reactive ketones (excluding diaryl/α,β-unsaturated/α-hetero) is 1. The number of ketones is 1. The van der Waals surface area contributed by atoms with E-state index in [0.29, 0.717) is 16.1 Å². The largest absolute Gasteiger partial charge is 0.452 e. The molecule has 1 heterocycles. The number of aryl methyl sites for hydroxylation is 1. The average Bonchev–Trinajstić information content (AvgIpc) is 2.97. The van der Waals surface area contributed by atoms with Crippen molar-refractivity contribution in [1.29, 1.82) is 0 Å². The smallest absolute Gasteiger partial charge is 0.346 e. The molecule has 0 bridgehead atoms. The summed E-state index contributed by atoms with van der Waals surface area (Å²) in [5.74, 6) is -1.20. The van der Waals surface area contributed by atoms with Crippen molar-refractivity contribution in [2.24, 2.45) is 0 Å². The van der Waals surface area contributed by atoms with Gasteiger partial charge in [-0.3, -0.25) is 4.79 Å². The summed E-state index contributed by atoms with van der Waals surface area (Å²) < 4.78 is 24.8. The highest BCUT2D eigenvalue weighted by molar-refractivity contribution is 6.30. The van der Waals surface area contributed by atoms with Crippen molar-refractivity contribution in [3.05, 3.63) is 99.5 Å². The summed E-state index contributed by atoms with van der Waals surface area (Å²) in [6.07, 6.45) is 1.60. The van der Waals surface area contributed by atoms with Crippen LogP contribution in [0.3, 0.4) is 0 Å². The molecule has 0 unspecified atom stereocenters. The molecule has 3 aromatic rings. The van der Waals surface area contributed by atoms with Gasteiger partial charge < -0.3 is 9.47 Å². The number of fused-ring (bicyclic) bond motifs is 1. The van der Waals surface area contributed by atoms with Crippen molar-refractivity contribution in [3.8, 4) is 11.5 Å². The van der Waals surface area contributed by atoms with Gasteiger partial charge in [-0.25, -0.2) is 9.18 Å². The van der Waals surface area contributed by atoms with Crippen LogP contribution >= 0.6 is 11.6 Å². The summed E-state index contributed by atoms with van der Waals surface area (Å²) >= 11 is 5.98. The van der Waals surface area contributed by atoms with Gasteiger partial charge in [-0.1, -0.05) is 35.9 Å². The summed E-state index contributed by atoms with van der Waals surface area (Å²) in [6, 6.07) is 15.5. The van der Waals surface area contributed by atoms with Gasteiger partial charge in [0.2, 0.25) is 5.78 Å². The zero-order valence-corrected chi connectivity index (χ0v) is 16.0. The van der Waals surface area contributed by atoms with Crippen LogP contribution in [0.5, 0.6) is 11.5 Å². The summed E-state index contributed by atoms with van der Waals surface area (Å²) in [6.45, 7) is 1.71. The molecule has 1 aliphatic rings. The first-order valence-corrected chi connectivity index (χ1v) is 9.11. The Morgan fingerprint density at radius 3 is 2.66 bits per heavy atom. The van der Waals surface area contributed by atoms with Gasteiger partial charge in [-0.2, -0.15) is 0 Å². The third-order valence-corrected chi connectivity index (χ3v) is 4.63. The summed E-state index contributed by atoms with van der Waals surface area (Å²) in [5, 5.41) is 0.542. The van der Waals surface area contributed by atoms with E-state index in [1.165, 1.54) is 24.3 Å². The van der Waals surface area contributed by atoms with Crippen LogP contribution in [-0.2, 0) is 0 Å². The Balaban J connectivity index is 1.63. The first-order valence-electron chi connectivity index (χ1n) is 8.73. The molecule has 0 saturated heterocycles. The monoisotopic (exact) mass is 408 g/mol. The van der Waals surface area contributed by atoms with Crippen molar-refractivity contribution >= 4 is 29.4 Å². The van der Waals surface area contributed by atoms with E-state index in [1.54, 1.807) is 49.4 Å². The summed E-state index contributed by atoms with van der Waals surface area (Å²) in [4.78, 5) is 25.0. The van der Waals surface area contributed by atoms with E-state index < -0.39 is 11.8 Å². The topological polar surface area (TPSA) is 52.6 Å². The normalized spacial score (nSPS) is 13.9. The van der Waals surface area contributed by atoms with Gasteiger partial charge in [0, 0.05) is 11.1 Å². The number of halogens is 2. The molecule has 29 heavy (non-hydrogen) atoms. The standard InChI is InChI=1S/C23H14ClFO4/c1-13-9-16(28-23(27)17-7-2-3-8-18(17)25)12-19-21(13)22(26)20(29-19)11-14-5-4-6-15(24)10-14/h2-12H,1H3/b20-11-. The lowest BCUT2D eigenvalue weighted by molar-refractivity contribution is 0.0729. The molecule has 0 fully saturated rings. The van der Waals surface area contributed by atoms with E-state index in [2.05, 4.69) is 0 Å². The number of hydrogen-bond acceptors (Lipinski definition) is 4. The van der Waals surface area contributed by atoms with Crippen LogP contribution in [0.25, 0.3) is 6.08 Å². The molecule has 0 spiro atoms. The second kappa shape index (κ2) is 7.53. The third kappa shape index (κ3) is 3.77. The van der Waals surface area contributed by atoms with Gasteiger partial charge in [-0.15, -0.1) is 0 Å². The van der Waals surface area contributed by atoms with Gasteiger partial charge in [0.25, 0.3) is 0 Å². The van der Waals surface area contributed by atoms with E-state index in [9.17, 15) is 14.0 Å². The number of carbonyl (C=O) groups excluding carboxylic acids is 2. The van der Waals surface area contributed by atoms with Crippen molar-refractivity contribution < 1.29 is 23.5 Å². The molecular weight excluding hydrogens is 395 g/mol. The average molecular weight is 409 g/mol. The Kier molecular flexibility index (Phi) is 4.91. The third-order valence-electron chi connectivity index (χ3n) is 4.39. The first-order chi connectivity index (χ1) is 13.9. The minimum absolute atomic E-state index is 0.142. The molecular formula is C23H14ClFO4. The number of allylic oxidation sites excluding steroid dienone is 1. The summed E-state index contributed by atoms with van der Waals surface area (Å²) in [5.41, 5.74) is 1.52. The molecule has 0 saturated carbocycles. The van der Waals surface area contributed by atoms with Crippen LogP contribution in [0.4, 0.5) is 4.39 Å². The van der Waals surface area contributed by atoms with E-state index in [1.807, 2.05) is 0 Å². The van der Waals surface area contributed by atoms with E-state index >= 15 is 0 Å². The Morgan fingerprint density at radius 2 is 1.90 bits per heavy atom. The second-order valence-corrected chi connectivity index (χ2v) is 6.91. The molecule has 0 atom stereocenters. The fraction of sp³-hybridized carbons (Fsp3) is 0.0435. The molecule has 4 rings (SSSR count). The number of carbonyl (C=O) groups is 2. The maximum Gasteiger partial charge on any atom is 0.346 e. The quantitative estimate of drug-likeness (QED) is 0.320. The highest BCUT2D eigenvalue weighted by Crippen LogP contribution is 2.37. The number of benzene rings is 3. The van der Waals surface area contributed by atoms with Crippen molar-refractivity contribution in [2.75, 3.05) is 0 Å². The van der Waals surface area contributed by atoms with Gasteiger partial charge in [-0.05, 0) is 54.5 Å². The predicted molar refractivity (Wildman–Crippen MR) is 107 cm³/mol. The van der Waals surface area contributed by atoms with Crippen LogP contribution in [0.1, 0.15) is 31.8 Å². The fourth-order valence-electron chi connectivity index (χ4n) is 3.07. The molecule has 0 amide bonds. The van der Waals surface area contributed by atoms with Crippen molar-refractivity contribution in [1.82, 2.24) is 0 Å². The van der Waals surface area contributed by atoms with Gasteiger partial charge >= 0.3 is 5.97 Å². The zero-order valence-electron chi connectivity index (χ0n) is 15.2. The van der Waals surface area contributed by atoms with Crippen molar-refractivity contribution in [3.63, 3.8) is 0 Å². The molecule has 6 heteroatoms. The lowest BCUT2D eigenvalue weighted by atomic mass is 10.0. The number of rotatable bonds is 3. The Labute approximate surface area is 171 Å². The van der Waals surface area contributed by atoms with Gasteiger partial charge in [0.1, 0.15) is 17.3 Å². The maximum absolute atomic E-state index is 13.8. The minimum Gasteiger partial charge on any atom is -0.452 e. The molecule has 3 aromatic carbocycles. The lowest BCUT2D eigenvalue weighted by Crippen LogP contribution is -2.10. The molecule has 0 N–H and O–H groups in total.